The van der Waals surface area contributed by atoms with E-state index in [1.54, 1.807) is 12.7 Å². The molecule has 0 bridgehead atoms. The first kappa shape index (κ1) is 26.0. The number of benzene rings is 2. The van der Waals surface area contributed by atoms with Crippen molar-refractivity contribution in [1.82, 2.24) is 19.9 Å². The molecule has 6 rings (SSSR count). The number of aromatic nitrogens is 4. The monoisotopic (exact) mass is 633 g/mol. The number of fused-ring (bicyclic) bond motifs is 2. The molecule has 191 valence electrons. The summed E-state index contributed by atoms with van der Waals surface area (Å²) in [5.41, 5.74) is 11.7. The van der Waals surface area contributed by atoms with Gasteiger partial charge in [-0.1, -0.05) is 0 Å². The minimum atomic E-state index is -4.69. The van der Waals surface area contributed by atoms with Crippen LogP contribution in [0, 0.1) is 0 Å². The molecule has 2 aliphatic rings. The molecule has 38 heavy (non-hydrogen) atoms. The standard InChI is InChI=1S/2C14H11N2.C2H7Si.2ClH.Zr/c2*1-10-5-11-3-2-4-13(14(11)6-10)12-7-15-9-16-8-12;1-3-2;;;/h2*2-9H,1H3;3H,1-2H3;2*1H;/q;;;;;+2/p-2. The molecule has 8 heteroatoms. The average molecular weight is 636 g/mol. The van der Waals surface area contributed by atoms with E-state index in [9.17, 15) is 0 Å². The SMILES string of the molecule is CC1=Cc2c(-c3cncnc3)cccc2[CH]1[Zr]([Cl])([Cl])([CH]1C(C)=Cc2c(-c3cncnc3)cccc21)[SiH](C)C. The maximum absolute atomic E-state index is 8.29. The van der Waals surface area contributed by atoms with Gasteiger partial charge in [0.25, 0.3) is 0 Å². The van der Waals surface area contributed by atoms with E-state index in [4.69, 9.17) is 17.0 Å². The van der Waals surface area contributed by atoms with Crippen LogP contribution >= 0.6 is 17.0 Å². The molecule has 0 fully saturated rings. The van der Waals surface area contributed by atoms with Crippen molar-refractivity contribution in [1.29, 1.82) is 0 Å². The van der Waals surface area contributed by atoms with Gasteiger partial charge in [0.05, 0.1) is 0 Å². The quantitative estimate of drug-likeness (QED) is 0.208. The van der Waals surface area contributed by atoms with Gasteiger partial charge in [0, 0.05) is 0 Å². The molecule has 0 saturated heterocycles. The zero-order valence-corrected chi connectivity index (χ0v) is 27.0. The number of hydrogen-bond donors (Lipinski definition) is 0. The van der Waals surface area contributed by atoms with Crippen LogP contribution in [0.5, 0.6) is 0 Å². The average Bonchev–Trinajstić information content (AvgIpc) is 3.46. The summed E-state index contributed by atoms with van der Waals surface area (Å²) in [4.78, 5) is 17.1. The van der Waals surface area contributed by atoms with Crippen molar-refractivity contribution in [2.24, 2.45) is 0 Å². The first-order valence-corrected chi connectivity index (χ1v) is 29.2. The fourth-order valence-electron chi connectivity index (χ4n) is 6.78. The molecule has 0 N–H and O–H groups in total. The van der Waals surface area contributed by atoms with Gasteiger partial charge in [0.15, 0.2) is 0 Å². The number of allylic oxidation sites excluding steroid dienone is 2. The van der Waals surface area contributed by atoms with E-state index in [2.05, 4.69) is 95.4 Å². The summed E-state index contributed by atoms with van der Waals surface area (Å²) < 4.78 is 0.100. The third kappa shape index (κ3) is 3.79. The van der Waals surface area contributed by atoms with Crippen LogP contribution in [0.4, 0.5) is 0 Å². The zero-order chi connectivity index (χ0) is 26.7. The summed E-state index contributed by atoms with van der Waals surface area (Å²) in [6.45, 7) is 9.17. The molecule has 0 aliphatic heterocycles. The molecule has 4 nitrogen and oxygen atoms in total. The van der Waals surface area contributed by atoms with E-state index in [1.165, 1.54) is 33.4 Å². The van der Waals surface area contributed by atoms with Crippen LogP contribution in [0.3, 0.4) is 0 Å². The van der Waals surface area contributed by atoms with E-state index < -0.39 is 21.5 Å². The molecule has 2 heterocycles. The van der Waals surface area contributed by atoms with Gasteiger partial charge < -0.3 is 0 Å². The number of hydrogen-bond acceptors (Lipinski definition) is 4. The molecule has 2 aromatic carbocycles. The predicted octanol–water partition coefficient (Wildman–Crippen LogP) is 8.20. The van der Waals surface area contributed by atoms with Crippen LogP contribution in [0.1, 0.15) is 43.4 Å². The Kier molecular flexibility index (Phi) is 6.47. The summed E-state index contributed by atoms with van der Waals surface area (Å²) in [6, 6.07) is 13.0. The second-order valence-corrected chi connectivity index (χ2v) is 53.4. The molecular formula is C30H29Cl2N4SiZr. The first-order chi connectivity index (χ1) is 18.2. The topological polar surface area (TPSA) is 51.6 Å². The Morgan fingerprint density at radius 1 is 0.658 bits per heavy atom. The van der Waals surface area contributed by atoms with Crippen molar-refractivity contribution >= 4 is 35.1 Å². The van der Waals surface area contributed by atoms with Crippen LogP contribution in [0.15, 0.2) is 85.0 Å². The molecule has 4 aromatic rings. The van der Waals surface area contributed by atoms with Crippen molar-refractivity contribution in [2.45, 2.75) is 34.2 Å². The third-order valence-electron chi connectivity index (χ3n) is 8.51. The van der Waals surface area contributed by atoms with E-state index in [0.29, 0.717) is 0 Å². The van der Waals surface area contributed by atoms with Crippen molar-refractivity contribution in [3.8, 4) is 22.3 Å². The fourth-order valence-corrected chi connectivity index (χ4v) is 39.7. The Bertz CT molecular complexity index is 1510. The van der Waals surface area contributed by atoms with Gasteiger partial charge in [-0.15, -0.1) is 0 Å². The summed E-state index contributed by atoms with van der Waals surface area (Å²) in [5.74, 6) is -1.59. The second kappa shape index (κ2) is 9.45. The van der Waals surface area contributed by atoms with Crippen LogP contribution in [-0.4, -0.2) is 25.9 Å². The number of rotatable bonds is 5. The van der Waals surface area contributed by atoms with Gasteiger partial charge in [-0.05, 0) is 0 Å². The van der Waals surface area contributed by atoms with Crippen LogP contribution in [0.25, 0.3) is 34.4 Å². The molecule has 2 unspecified atom stereocenters. The summed E-state index contributed by atoms with van der Waals surface area (Å²) in [7, 11) is 16.6. The van der Waals surface area contributed by atoms with Gasteiger partial charge in [-0.2, -0.15) is 0 Å². The van der Waals surface area contributed by atoms with Crippen LogP contribution in [-0.2, 0) is 15.6 Å². The van der Waals surface area contributed by atoms with E-state index >= 15 is 0 Å². The van der Waals surface area contributed by atoms with Gasteiger partial charge >= 0.3 is 234 Å². The van der Waals surface area contributed by atoms with Crippen LogP contribution in [0.2, 0.25) is 13.1 Å². The predicted molar refractivity (Wildman–Crippen MR) is 158 cm³/mol. The van der Waals surface area contributed by atoms with Crippen molar-refractivity contribution in [3.63, 3.8) is 0 Å². The molecule has 2 aromatic heterocycles. The van der Waals surface area contributed by atoms with Gasteiger partial charge in [-0.3, -0.25) is 0 Å². The molecule has 0 radical (unpaired) electrons. The summed E-state index contributed by atoms with van der Waals surface area (Å²) in [6.07, 6.45) is 15.2. The normalized spacial score (nSPS) is 19.4. The molecule has 0 spiro atoms. The van der Waals surface area contributed by atoms with Gasteiger partial charge in [-0.25, -0.2) is 0 Å². The fraction of sp³-hybridized carbons (Fsp3) is 0.200. The maximum atomic E-state index is 8.29. The summed E-state index contributed by atoms with van der Waals surface area (Å²) >= 11 is -4.69. The van der Waals surface area contributed by atoms with Crippen molar-refractivity contribution < 1.29 is 15.6 Å². The molecular weight excluding hydrogens is 607 g/mol. The third-order valence-corrected chi connectivity index (χ3v) is 60.8. The Morgan fingerprint density at radius 3 is 1.42 bits per heavy atom. The molecule has 0 amide bonds. The van der Waals surface area contributed by atoms with Crippen molar-refractivity contribution in [2.75, 3.05) is 0 Å². The molecule has 2 aliphatic carbocycles. The van der Waals surface area contributed by atoms with Gasteiger partial charge in [0.1, 0.15) is 0 Å². The molecule has 0 saturated carbocycles. The second-order valence-electron chi connectivity index (χ2n) is 10.9. The zero-order valence-electron chi connectivity index (χ0n) is 21.9. The number of halogens is 2. The van der Waals surface area contributed by atoms with E-state index in [0.717, 1.165) is 22.3 Å². The molecule has 2 atom stereocenters. The van der Waals surface area contributed by atoms with E-state index in [1.807, 2.05) is 24.8 Å². The van der Waals surface area contributed by atoms with Crippen LogP contribution < -0.4 is 0 Å². The minimum absolute atomic E-state index is 0.0500. The summed E-state index contributed by atoms with van der Waals surface area (Å²) in [5, 5.41) is 0. The Balaban J connectivity index is 1.56. The number of nitrogens with zero attached hydrogens (tertiary/aromatic N) is 4. The van der Waals surface area contributed by atoms with Crippen molar-refractivity contribution in [3.05, 3.63) is 107 Å². The Labute approximate surface area is 232 Å². The van der Waals surface area contributed by atoms with Gasteiger partial charge in [0.2, 0.25) is 0 Å². The van der Waals surface area contributed by atoms with E-state index in [-0.39, 0.29) is 7.25 Å². The first-order valence-electron chi connectivity index (χ1n) is 12.9. The Morgan fingerprint density at radius 2 is 1.05 bits per heavy atom. The Hall–Kier alpha value is -2.24.